The molecule has 2 rings (SSSR count). The molecule has 7 heteroatoms. The lowest BCUT2D eigenvalue weighted by atomic mass is 10.1. The largest absolute Gasteiger partial charge is 0.494 e. The smallest absolute Gasteiger partial charge is 0.358 e. The number of carbonyl (C=O) groups is 2. The van der Waals surface area contributed by atoms with Gasteiger partial charge in [-0.2, -0.15) is 0 Å². The van der Waals surface area contributed by atoms with Gasteiger partial charge >= 0.3 is 5.97 Å². The Bertz CT molecular complexity index is 619. The third kappa shape index (κ3) is 3.19. The van der Waals surface area contributed by atoms with Crippen molar-refractivity contribution < 1.29 is 19.4 Å². The summed E-state index contributed by atoms with van der Waals surface area (Å²) in [5.41, 5.74) is 0.310. The van der Waals surface area contributed by atoms with Gasteiger partial charge in [0.05, 0.1) is 12.8 Å². The van der Waals surface area contributed by atoms with Crippen LogP contribution in [0.2, 0.25) is 0 Å². The number of aromatic nitrogens is 3. The molecule has 104 valence electrons. The molecule has 0 unspecified atom stereocenters. The quantitative estimate of drug-likeness (QED) is 0.797. The van der Waals surface area contributed by atoms with Crippen molar-refractivity contribution in [3.63, 3.8) is 0 Å². The second kappa shape index (κ2) is 5.96. The number of carbonyl (C=O) groups excluding carboxylic acids is 1. The zero-order valence-electron chi connectivity index (χ0n) is 10.8. The summed E-state index contributed by atoms with van der Waals surface area (Å²) in [4.78, 5) is 22.6. The summed E-state index contributed by atoms with van der Waals surface area (Å²) in [7, 11) is 0. The molecule has 0 bridgehead atoms. The Balaban J connectivity index is 2.05. The first-order valence-corrected chi connectivity index (χ1v) is 5.99. The SMILES string of the molecule is CCOc1ccc(C(=O)Cn2cc(C(=O)O)nn2)cc1. The number of rotatable bonds is 6. The maximum Gasteiger partial charge on any atom is 0.358 e. The molecule has 0 aliphatic heterocycles. The predicted molar refractivity (Wildman–Crippen MR) is 68.9 cm³/mol. The molecule has 20 heavy (non-hydrogen) atoms. The van der Waals surface area contributed by atoms with E-state index in [1.807, 2.05) is 6.92 Å². The van der Waals surface area contributed by atoms with Crippen molar-refractivity contribution in [1.29, 1.82) is 0 Å². The third-order valence-electron chi connectivity index (χ3n) is 2.55. The summed E-state index contributed by atoms with van der Waals surface area (Å²) in [5.74, 6) is -0.669. The van der Waals surface area contributed by atoms with Gasteiger partial charge in [0.1, 0.15) is 12.3 Å². The Morgan fingerprint density at radius 2 is 2.00 bits per heavy atom. The van der Waals surface area contributed by atoms with Crippen LogP contribution < -0.4 is 4.74 Å². The van der Waals surface area contributed by atoms with Crippen LogP contribution in [0.15, 0.2) is 30.5 Å². The number of benzene rings is 1. The van der Waals surface area contributed by atoms with Crippen molar-refractivity contribution in [1.82, 2.24) is 15.0 Å². The zero-order chi connectivity index (χ0) is 14.5. The van der Waals surface area contributed by atoms with E-state index in [0.29, 0.717) is 17.9 Å². The lowest BCUT2D eigenvalue weighted by Gasteiger charge is -2.04. The van der Waals surface area contributed by atoms with Crippen LogP contribution in [0.25, 0.3) is 0 Å². The van der Waals surface area contributed by atoms with Gasteiger partial charge in [0.25, 0.3) is 0 Å². The van der Waals surface area contributed by atoms with E-state index in [-0.39, 0.29) is 18.0 Å². The van der Waals surface area contributed by atoms with Crippen molar-refractivity contribution in [2.24, 2.45) is 0 Å². The number of hydrogen-bond acceptors (Lipinski definition) is 5. The number of carboxylic acids is 1. The van der Waals surface area contributed by atoms with Crippen LogP contribution in [0.3, 0.4) is 0 Å². The molecule has 0 spiro atoms. The second-order valence-electron chi connectivity index (χ2n) is 3.99. The van der Waals surface area contributed by atoms with Crippen LogP contribution >= 0.6 is 0 Å². The number of hydrogen-bond donors (Lipinski definition) is 1. The van der Waals surface area contributed by atoms with E-state index in [1.54, 1.807) is 24.3 Å². The van der Waals surface area contributed by atoms with Crippen LogP contribution in [0.4, 0.5) is 0 Å². The lowest BCUT2D eigenvalue weighted by Crippen LogP contribution is -2.11. The summed E-state index contributed by atoms with van der Waals surface area (Å²) < 4.78 is 6.48. The van der Waals surface area contributed by atoms with Crippen molar-refractivity contribution in [3.8, 4) is 5.75 Å². The van der Waals surface area contributed by atoms with Crippen molar-refractivity contribution >= 4 is 11.8 Å². The molecule has 0 amide bonds. The molecule has 1 N–H and O–H groups in total. The van der Waals surface area contributed by atoms with Gasteiger partial charge in [-0.15, -0.1) is 5.10 Å². The van der Waals surface area contributed by atoms with Gasteiger partial charge in [-0.3, -0.25) is 4.79 Å². The van der Waals surface area contributed by atoms with E-state index in [4.69, 9.17) is 9.84 Å². The molecule has 1 aromatic heterocycles. The van der Waals surface area contributed by atoms with Crippen LogP contribution in [0.5, 0.6) is 5.75 Å². The summed E-state index contributed by atoms with van der Waals surface area (Å²) in [5, 5.41) is 15.7. The van der Waals surface area contributed by atoms with Gasteiger partial charge in [0, 0.05) is 5.56 Å². The van der Waals surface area contributed by atoms with Crippen LogP contribution in [0.1, 0.15) is 27.8 Å². The van der Waals surface area contributed by atoms with Gasteiger partial charge in [-0.05, 0) is 31.2 Å². The van der Waals surface area contributed by atoms with Gasteiger partial charge in [-0.1, -0.05) is 5.21 Å². The zero-order valence-corrected chi connectivity index (χ0v) is 10.8. The molecular formula is C13H13N3O4. The highest BCUT2D eigenvalue weighted by Crippen LogP contribution is 2.13. The number of carboxylic acid groups (broad SMARTS) is 1. The monoisotopic (exact) mass is 275 g/mol. The first-order valence-electron chi connectivity index (χ1n) is 5.99. The molecule has 7 nitrogen and oxygen atoms in total. The fourth-order valence-corrected chi connectivity index (χ4v) is 1.62. The van der Waals surface area contributed by atoms with E-state index in [2.05, 4.69) is 10.3 Å². The molecule has 0 fully saturated rings. The Hall–Kier alpha value is -2.70. The van der Waals surface area contributed by atoms with E-state index in [1.165, 1.54) is 10.9 Å². The van der Waals surface area contributed by atoms with E-state index >= 15 is 0 Å². The Morgan fingerprint density at radius 3 is 2.55 bits per heavy atom. The number of Topliss-reactive ketones (excluding diaryl/α,β-unsaturated/α-hetero) is 1. The number of ether oxygens (including phenoxy) is 1. The maximum absolute atomic E-state index is 12.0. The second-order valence-corrected chi connectivity index (χ2v) is 3.99. The summed E-state index contributed by atoms with van der Waals surface area (Å²) in [6.45, 7) is 2.38. The van der Waals surface area contributed by atoms with Crippen molar-refractivity contribution in [2.45, 2.75) is 13.5 Å². The van der Waals surface area contributed by atoms with Crippen molar-refractivity contribution in [3.05, 3.63) is 41.7 Å². The summed E-state index contributed by atoms with van der Waals surface area (Å²) in [6.07, 6.45) is 1.22. The first kappa shape index (κ1) is 13.7. The normalized spacial score (nSPS) is 10.2. The van der Waals surface area contributed by atoms with Crippen LogP contribution in [-0.2, 0) is 6.54 Å². The maximum atomic E-state index is 12.0. The number of ketones is 1. The topological polar surface area (TPSA) is 94.3 Å². The van der Waals surface area contributed by atoms with E-state index in [0.717, 1.165) is 0 Å². The lowest BCUT2D eigenvalue weighted by molar-refractivity contribution is 0.0690. The van der Waals surface area contributed by atoms with Gasteiger partial charge in [-0.25, -0.2) is 9.48 Å². The minimum atomic E-state index is -1.18. The molecule has 0 radical (unpaired) electrons. The molecule has 0 aliphatic carbocycles. The predicted octanol–water partition coefficient (Wildman–Crippen LogP) is 1.26. The van der Waals surface area contributed by atoms with E-state index < -0.39 is 5.97 Å². The summed E-state index contributed by atoms with van der Waals surface area (Å²) in [6, 6.07) is 6.73. The summed E-state index contributed by atoms with van der Waals surface area (Å²) >= 11 is 0. The molecule has 1 heterocycles. The number of aromatic carboxylic acids is 1. The Kier molecular flexibility index (Phi) is 4.09. The average molecular weight is 275 g/mol. The van der Waals surface area contributed by atoms with Crippen LogP contribution in [0, 0.1) is 0 Å². The molecule has 2 aromatic rings. The molecule has 0 atom stereocenters. The minimum Gasteiger partial charge on any atom is -0.494 e. The van der Waals surface area contributed by atoms with Crippen molar-refractivity contribution in [2.75, 3.05) is 6.61 Å². The molecule has 0 saturated heterocycles. The Morgan fingerprint density at radius 1 is 1.30 bits per heavy atom. The van der Waals surface area contributed by atoms with Crippen LogP contribution in [-0.4, -0.2) is 38.5 Å². The van der Waals surface area contributed by atoms with Gasteiger partial charge in [0.15, 0.2) is 11.5 Å². The highest BCUT2D eigenvalue weighted by atomic mass is 16.5. The fraction of sp³-hybridized carbons (Fsp3) is 0.231. The van der Waals surface area contributed by atoms with Gasteiger partial charge < -0.3 is 9.84 Å². The highest BCUT2D eigenvalue weighted by molar-refractivity contribution is 5.96. The average Bonchev–Trinajstić information content (AvgIpc) is 2.88. The van der Waals surface area contributed by atoms with E-state index in [9.17, 15) is 9.59 Å². The Labute approximate surface area is 114 Å². The minimum absolute atomic E-state index is 0.0612. The highest BCUT2D eigenvalue weighted by Gasteiger charge is 2.12. The number of nitrogens with zero attached hydrogens (tertiary/aromatic N) is 3. The standard InChI is InChI=1S/C13H13N3O4/c1-2-20-10-5-3-9(4-6-10)12(17)8-16-7-11(13(18)19)14-15-16/h3-7H,2,8H2,1H3,(H,18,19). The first-order chi connectivity index (χ1) is 9.60. The van der Waals surface area contributed by atoms with Gasteiger partial charge in [0.2, 0.25) is 0 Å². The molecular weight excluding hydrogens is 262 g/mol. The molecule has 1 aromatic carbocycles. The molecule has 0 aliphatic rings. The third-order valence-corrected chi connectivity index (χ3v) is 2.55. The molecule has 0 saturated carbocycles. The fourth-order valence-electron chi connectivity index (χ4n) is 1.62.